The van der Waals surface area contributed by atoms with Gasteiger partial charge in [-0.3, -0.25) is 10.00 Å². The summed E-state index contributed by atoms with van der Waals surface area (Å²) in [5, 5.41) is 17.5. The first-order valence-electron chi connectivity index (χ1n) is 5.24. The number of fused-ring (bicyclic) bond motifs is 2. The molecule has 2 saturated heterocycles. The smallest absolute Gasteiger partial charge is 0.125 e. The van der Waals surface area contributed by atoms with Gasteiger partial charge in [0.15, 0.2) is 0 Å². The van der Waals surface area contributed by atoms with Crippen molar-refractivity contribution < 1.29 is 5.11 Å². The van der Waals surface area contributed by atoms with Crippen LogP contribution in [0.25, 0.3) is 0 Å². The van der Waals surface area contributed by atoms with Crippen molar-refractivity contribution in [1.29, 1.82) is 0 Å². The van der Waals surface area contributed by atoms with Gasteiger partial charge in [0.1, 0.15) is 5.60 Å². The van der Waals surface area contributed by atoms with Crippen molar-refractivity contribution in [3.05, 3.63) is 18.0 Å². The normalized spacial score (nSPS) is 41.5. The van der Waals surface area contributed by atoms with E-state index in [9.17, 15) is 5.11 Å². The molecule has 2 aliphatic heterocycles. The van der Waals surface area contributed by atoms with Crippen molar-refractivity contribution in [1.82, 2.24) is 15.1 Å². The fourth-order valence-corrected chi connectivity index (χ4v) is 2.85. The number of hydrogen-bond donors (Lipinski definition) is 2. The van der Waals surface area contributed by atoms with Gasteiger partial charge in [-0.25, -0.2) is 0 Å². The molecule has 3 rings (SSSR count). The van der Waals surface area contributed by atoms with Crippen LogP contribution in [0.5, 0.6) is 0 Å². The summed E-state index contributed by atoms with van der Waals surface area (Å²) in [6, 6.07) is 1.89. The van der Waals surface area contributed by atoms with E-state index < -0.39 is 5.60 Å². The summed E-state index contributed by atoms with van der Waals surface area (Å²) in [7, 11) is 0. The van der Waals surface area contributed by atoms with Crippen molar-refractivity contribution >= 4 is 0 Å². The Morgan fingerprint density at radius 1 is 1.64 bits per heavy atom. The molecular weight excluding hydrogens is 178 g/mol. The number of rotatable bonds is 1. The monoisotopic (exact) mass is 193 g/mol. The van der Waals surface area contributed by atoms with Crippen molar-refractivity contribution in [2.24, 2.45) is 5.92 Å². The fourth-order valence-electron chi connectivity index (χ4n) is 2.85. The van der Waals surface area contributed by atoms with E-state index in [1.54, 1.807) is 6.20 Å². The van der Waals surface area contributed by atoms with Gasteiger partial charge < -0.3 is 5.11 Å². The van der Waals surface area contributed by atoms with Crippen LogP contribution in [0.1, 0.15) is 18.5 Å². The first-order valence-corrected chi connectivity index (χ1v) is 5.24. The molecule has 2 aliphatic rings. The summed E-state index contributed by atoms with van der Waals surface area (Å²) < 4.78 is 0. The van der Waals surface area contributed by atoms with E-state index in [0.29, 0.717) is 5.92 Å². The van der Waals surface area contributed by atoms with Crippen LogP contribution >= 0.6 is 0 Å². The molecule has 4 heteroatoms. The second-order valence-corrected chi connectivity index (χ2v) is 4.46. The van der Waals surface area contributed by atoms with Gasteiger partial charge in [0.05, 0.1) is 5.69 Å². The van der Waals surface area contributed by atoms with Crippen LogP contribution in [-0.2, 0) is 5.60 Å². The maximum absolute atomic E-state index is 10.6. The second-order valence-electron chi connectivity index (χ2n) is 4.46. The lowest BCUT2D eigenvalue weighted by atomic mass is 9.84. The molecule has 0 amide bonds. The molecule has 2 N–H and O–H groups in total. The van der Waals surface area contributed by atoms with E-state index in [4.69, 9.17) is 0 Å². The number of nitrogens with zero attached hydrogens (tertiary/aromatic N) is 2. The molecule has 76 valence electrons. The van der Waals surface area contributed by atoms with E-state index in [1.165, 1.54) is 6.42 Å². The predicted octanol–water partition coefficient (Wildman–Crippen LogP) is 0.323. The molecule has 1 aromatic heterocycles. The molecule has 0 aliphatic carbocycles. The van der Waals surface area contributed by atoms with Gasteiger partial charge in [0.25, 0.3) is 0 Å². The SMILES string of the molecule is O[C@]1(c2cc[nH]n2)CN2CCC[C@H]1C2. The van der Waals surface area contributed by atoms with E-state index in [-0.39, 0.29) is 0 Å². The Balaban J connectivity index is 1.97. The number of nitrogens with one attached hydrogen (secondary N) is 1. The van der Waals surface area contributed by atoms with E-state index >= 15 is 0 Å². The lowest BCUT2D eigenvalue weighted by Crippen LogP contribution is -2.34. The number of aliphatic hydroxyl groups is 1. The largest absolute Gasteiger partial charge is 0.382 e. The van der Waals surface area contributed by atoms with E-state index in [2.05, 4.69) is 15.1 Å². The number of H-pyrrole nitrogens is 1. The van der Waals surface area contributed by atoms with Gasteiger partial charge in [-0.15, -0.1) is 0 Å². The summed E-state index contributed by atoms with van der Waals surface area (Å²) in [6.45, 7) is 2.91. The van der Waals surface area contributed by atoms with Crippen molar-refractivity contribution in [2.45, 2.75) is 18.4 Å². The van der Waals surface area contributed by atoms with Gasteiger partial charge >= 0.3 is 0 Å². The molecule has 0 aromatic carbocycles. The highest BCUT2D eigenvalue weighted by atomic mass is 16.3. The summed E-state index contributed by atoms with van der Waals surface area (Å²) in [6.07, 6.45) is 4.11. The van der Waals surface area contributed by atoms with E-state index in [0.717, 1.165) is 31.7 Å². The van der Waals surface area contributed by atoms with Crippen molar-refractivity contribution in [2.75, 3.05) is 19.6 Å². The number of hydrogen-bond acceptors (Lipinski definition) is 3. The van der Waals surface area contributed by atoms with E-state index in [1.807, 2.05) is 6.07 Å². The minimum Gasteiger partial charge on any atom is -0.382 e. The highest BCUT2D eigenvalue weighted by Crippen LogP contribution is 2.41. The third-order valence-corrected chi connectivity index (χ3v) is 3.59. The lowest BCUT2D eigenvalue weighted by molar-refractivity contribution is 0.00576. The molecular formula is C10H15N3O. The minimum atomic E-state index is -0.698. The second kappa shape index (κ2) is 2.81. The molecule has 4 nitrogen and oxygen atoms in total. The van der Waals surface area contributed by atoms with Crippen LogP contribution in [-0.4, -0.2) is 39.8 Å². The van der Waals surface area contributed by atoms with Crippen molar-refractivity contribution in [3.63, 3.8) is 0 Å². The molecule has 3 atom stereocenters. The maximum Gasteiger partial charge on any atom is 0.125 e. The molecule has 0 radical (unpaired) electrons. The van der Waals surface area contributed by atoms with Crippen LogP contribution in [0, 0.1) is 5.92 Å². The number of aromatic nitrogens is 2. The molecule has 1 aromatic rings. The van der Waals surface area contributed by atoms with Gasteiger partial charge in [-0.1, -0.05) is 0 Å². The van der Waals surface area contributed by atoms with Crippen molar-refractivity contribution in [3.8, 4) is 0 Å². The first-order chi connectivity index (χ1) is 6.79. The van der Waals surface area contributed by atoms with Crippen LogP contribution in [0.4, 0.5) is 0 Å². The summed E-state index contributed by atoms with van der Waals surface area (Å²) >= 11 is 0. The summed E-state index contributed by atoms with van der Waals surface area (Å²) in [5.41, 5.74) is 0.114. The molecule has 14 heavy (non-hydrogen) atoms. The number of piperidine rings is 1. The van der Waals surface area contributed by atoms with Gasteiger partial charge in [-0.05, 0) is 25.5 Å². The zero-order valence-electron chi connectivity index (χ0n) is 8.11. The Morgan fingerprint density at radius 3 is 3.29 bits per heavy atom. The average Bonchev–Trinajstić information content (AvgIpc) is 2.76. The fraction of sp³-hybridized carbons (Fsp3) is 0.700. The Kier molecular flexibility index (Phi) is 1.69. The first kappa shape index (κ1) is 8.44. The Hall–Kier alpha value is -0.870. The third-order valence-electron chi connectivity index (χ3n) is 3.59. The molecule has 1 unspecified atom stereocenters. The third kappa shape index (κ3) is 1.04. The zero-order valence-corrected chi connectivity index (χ0v) is 8.11. The molecule has 0 spiro atoms. The standard InChI is InChI=1S/C10H15N3O/c14-10(9-3-4-11-12-9)7-13-5-1-2-8(10)6-13/h3-4,8,14H,1-2,5-7H2,(H,11,12)/t8-,10+/m0/s1. The number of aromatic amines is 1. The van der Waals surface area contributed by atoms with Crippen LogP contribution < -0.4 is 0 Å². The Bertz CT molecular complexity index is 324. The minimum absolute atomic E-state index is 0.375. The van der Waals surface area contributed by atoms with Crippen LogP contribution in [0.15, 0.2) is 12.3 Å². The highest BCUT2D eigenvalue weighted by Gasteiger charge is 2.49. The molecule has 2 fully saturated rings. The lowest BCUT2D eigenvalue weighted by Gasteiger charge is -2.26. The molecule has 2 bridgehead atoms. The van der Waals surface area contributed by atoms with Gasteiger partial charge in [0.2, 0.25) is 0 Å². The van der Waals surface area contributed by atoms with Gasteiger partial charge in [-0.2, -0.15) is 5.10 Å². The average molecular weight is 193 g/mol. The zero-order chi connectivity index (χ0) is 9.60. The Morgan fingerprint density at radius 2 is 2.57 bits per heavy atom. The van der Waals surface area contributed by atoms with Gasteiger partial charge in [0, 0.05) is 25.2 Å². The highest BCUT2D eigenvalue weighted by molar-refractivity contribution is 5.16. The van der Waals surface area contributed by atoms with Crippen LogP contribution in [0.2, 0.25) is 0 Å². The van der Waals surface area contributed by atoms with Crippen LogP contribution in [0.3, 0.4) is 0 Å². The Labute approximate surface area is 82.9 Å². The quantitative estimate of drug-likeness (QED) is 0.675. The molecule has 0 saturated carbocycles. The maximum atomic E-state index is 10.6. The summed E-state index contributed by atoms with van der Waals surface area (Å²) in [5.74, 6) is 0.375. The predicted molar refractivity (Wildman–Crippen MR) is 51.6 cm³/mol. The summed E-state index contributed by atoms with van der Waals surface area (Å²) in [4.78, 5) is 2.34. The topological polar surface area (TPSA) is 52.1 Å². The molecule has 3 heterocycles.